The number of nitrogens with zero attached hydrogens (tertiary/aromatic N) is 1. The van der Waals surface area contributed by atoms with Crippen molar-refractivity contribution in [2.24, 2.45) is 11.1 Å². The molecule has 1 aliphatic carbocycles. The van der Waals surface area contributed by atoms with E-state index in [1.54, 1.807) is 18.2 Å². The first kappa shape index (κ1) is 12.3. The van der Waals surface area contributed by atoms with Crippen molar-refractivity contribution in [3.05, 3.63) is 0 Å². The van der Waals surface area contributed by atoms with Gasteiger partial charge in [0.1, 0.15) is 0 Å². The molecule has 2 fully saturated rings. The Hall–Kier alpha value is -0.130. The van der Waals surface area contributed by atoms with Gasteiger partial charge in [0.25, 0.3) is 0 Å². The minimum Gasteiger partial charge on any atom is -0.330 e. The zero-order chi connectivity index (χ0) is 12.0. The average Bonchev–Trinajstić information content (AvgIpc) is 2.74. The van der Waals surface area contributed by atoms with E-state index in [0.29, 0.717) is 13.1 Å². The van der Waals surface area contributed by atoms with E-state index < -0.39 is 10.0 Å². The lowest BCUT2D eigenvalue weighted by Crippen LogP contribution is -2.44. The third-order valence-electron chi connectivity index (χ3n) is 4.37. The van der Waals surface area contributed by atoms with Gasteiger partial charge in [-0.3, -0.25) is 0 Å². The second kappa shape index (κ2) is 3.96. The first-order valence-corrected chi connectivity index (χ1v) is 7.65. The Morgan fingerprint density at radius 1 is 1.44 bits per heavy atom. The molecular weight excluding hydrogens is 224 g/mol. The second-order valence-electron chi connectivity index (χ2n) is 5.43. The fraction of sp³-hybridized carbons (Fsp3) is 1.00. The van der Waals surface area contributed by atoms with Crippen LogP contribution >= 0.6 is 0 Å². The third kappa shape index (κ3) is 1.60. The number of sulfonamides is 1. The summed E-state index contributed by atoms with van der Waals surface area (Å²) in [5.74, 6) is 0. The molecule has 0 radical (unpaired) electrons. The lowest BCUT2D eigenvalue weighted by molar-refractivity contribution is 0.256. The molecule has 2 aliphatic rings. The lowest BCUT2D eigenvalue weighted by Gasteiger charge is -2.31. The maximum atomic E-state index is 12.2. The zero-order valence-corrected chi connectivity index (χ0v) is 11.0. The Balaban J connectivity index is 2.28. The molecule has 5 heteroatoms. The minimum atomic E-state index is -3.10. The van der Waals surface area contributed by atoms with E-state index in [4.69, 9.17) is 5.73 Å². The molecule has 1 heterocycles. The van der Waals surface area contributed by atoms with Crippen LogP contribution in [0.2, 0.25) is 0 Å². The number of nitrogens with two attached hydrogens (primary N) is 1. The monoisotopic (exact) mass is 246 g/mol. The Morgan fingerprint density at radius 2 is 2.12 bits per heavy atom. The smallest absolute Gasteiger partial charge is 0.216 e. The van der Waals surface area contributed by atoms with E-state index in [2.05, 4.69) is 0 Å². The summed E-state index contributed by atoms with van der Waals surface area (Å²) < 4.78 is 26.2. The summed E-state index contributed by atoms with van der Waals surface area (Å²) in [6, 6.07) is 0.171. The molecule has 0 bridgehead atoms. The molecule has 0 aromatic carbocycles. The van der Waals surface area contributed by atoms with Crippen LogP contribution in [0.15, 0.2) is 0 Å². The van der Waals surface area contributed by atoms with Crippen LogP contribution in [0.3, 0.4) is 0 Å². The van der Waals surface area contributed by atoms with E-state index >= 15 is 0 Å². The van der Waals surface area contributed by atoms with Gasteiger partial charge in [-0.25, -0.2) is 8.42 Å². The third-order valence-corrected chi connectivity index (χ3v) is 6.65. The Morgan fingerprint density at radius 3 is 2.69 bits per heavy atom. The fourth-order valence-electron chi connectivity index (χ4n) is 3.27. The van der Waals surface area contributed by atoms with Crippen LogP contribution in [0.4, 0.5) is 0 Å². The lowest BCUT2D eigenvalue weighted by atomic mass is 9.83. The average molecular weight is 246 g/mol. The van der Waals surface area contributed by atoms with Gasteiger partial charge in [-0.1, -0.05) is 6.42 Å². The molecule has 0 amide bonds. The highest BCUT2D eigenvalue weighted by atomic mass is 32.2. The maximum absolute atomic E-state index is 12.2. The molecule has 0 aromatic heterocycles. The summed E-state index contributed by atoms with van der Waals surface area (Å²) in [6.45, 7) is 4.81. The molecule has 1 saturated heterocycles. The summed E-state index contributed by atoms with van der Waals surface area (Å²) in [4.78, 5) is 0. The summed E-state index contributed by atoms with van der Waals surface area (Å²) in [5, 5.41) is -0.318. The Labute approximate surface area is 98.2 Å². The molecule has 1 aliphatic heterocycles. The first-order valence-electron chi connectivity index (χ1n) is 6.15. The second-order valence-corrected chi connectivity index (χ2v) is 7.87. The molecule has 2 atom stereocenters. The quantitative estimate of drug-likeness (QED) is 0.805. The normalized spacial score (nSPS) is 35.9. The van der Waals surface area contributed by atoms with Crippen molar-refractivity contribution < 1.29 is 8.42 Å². The topological polar surface area (TPSA) is 63.4 Å². The first-order chi connectivity index (χ1) is 7.44. The molecule has 0 spiro atoms. The molecule has 0 aromatic rings. The fourth-order valence-corrected chi connectivity index (χ4v) is 4.84. The van der Waals surface area contributed by atoms with Crippen LogP contribution in [-0.4, -0.2) is 37.1 Å². The van der Waals surface area contributed by atoms with Gasteiger partial charge in [0, 0.05) is 18.0 Å². The van der Waals surface area contributed by atoms with Crippen LogP contribution in [0.1, 0.15) is 39.5 Å². The van der Waals surface area contributed by atoms with E-state index in [1.807, 2.05) is 0 Å². The van der Waals surface area contributed by atoms with Crippen LogP contribution < -0.4 is 5.73 Å². The summed E-state index contributed by atoms with van der Waals surface area (Å²) in [5.41, 5.74) is 5.96. The van der Waals surface area contributed by atoms with Crippen LogP contribution in [0.5, 0.6) is 0 Å². The van der Waals surface area contributed by atoms with E-state index in [1.165, 1.54) is 0 Å². The standard InChI is InChI=1S/C11H22N2O2S/c1-9(2)16(14,15)13-7-6-11(8-12)5-3-4-10(11)13/h9-10H,3-8,12H2,1-2H3/t10-,11-/m0/s1. The largest absolute Gasteiger partial charge is 0.330 e. The number of fused-ring (bicyclic) bond motifs is 1. The predicted octanol–water partition coefficient (Wildman–Crippen LogP) is 0.928. The van der Waals surface area contributed by atoms with Gasteiger partial charge >= 0.3 is 0 Å². The van der Waals surface area contributed by atoms with Crippen molar-refractivity contribution in [3.63, 3.8) is 0 Å². The minimum absolute atomic E-state index is 0.0853. The van der Waals surface area contributed by atoms with Crippen LogP contribution in [0.25, 0.3) is 0 Å². The molecule has 94 valence electrons. The van der Waals surface area contributed by atoms with Crippen molar-refractivity contribution in [3.8, 4) is 0 Å². The molecule has 1 saturated carbocycles. The van der Waals surface area contributed by atoms with Gasteiger partial charge in [-0.2, -0.15) is 4.31 Å². The van der Waals surface area contributed by atoms with E-state index in [-0.39, 0.29) is 16.7 Å². The Kier molecular flexibility index (Phi) is 3.05. The summed E-state index contributed by atoms with van der Waals surface area (Å²) >= 11 is 0. The maximum Gasteiger partial charge on any atom is 0.216 e. The molecular formula is C11H22N2O2S. The highest BCUT2D eigenvalue weighted by molar-refractivity contribution is 7.89. The highest BCUT2D eigenvalue weighted by Gasteiger charge is 2.53. The van der Waals surface area contributed by atoms with E-state index in [0.717, 1.165) is 25.7 Å². The van der Waals surface area contributed by atoms with Gasteiger partial charge in [0.2, 0.25) is 10.0 Å². The summed E-state index contributed by atoms with van der Waals surface area (Å²) in [6.07, 6.45) is 4.15. The number of rotatable bonds is 3. The van der Waals surface area contributed by atoms with Crippen LogP contribution in [0, 0.1) is 5.41 Å². The summed E-state index contributed by atoms with van der Waals surface area (Å²) in [7, 11) is -3.10. The van der Waals surface area contributed by atoms with Crippen molar-refractivity contribution >= 4 is 10.0 Å². The zero-order valence-electron chi connectivity index (χ0n) is 10.1. The molecule has 2 N–H and O–H groups in total. The molecule has 0 unspecified atom stereocenters. The van der Waals surface area contributed by atoms with Gasteiger partial charge in [-0.15, -0.1) is 0 Å². The van der Waals surface area contributed by atoms with Gasteiger partial charge in [-0.05, 0) is 39.7 Å². The van der Waals surface area contributed by atoms with Crippen molar-refractivity contribution in [1.29, 1.82) is 0 Å². The van der Waals surface area contributed by atoms with Gasteiger partial charge in [0.05, 0.1) is 5.25 Å². The van der Waals surface area contributed by atoms with E-state index in [9.17, 15) is 8.42 Å². The number of hydrogen-bond donors (Lipinski definition) is 1. The van der Waals surface area contributed by atoms with Gasteiger partial charge < -0.3 is 5.73 Å². The van der Waals surface area contributed by atoms with Crippen molar-refractivity contribution in [2.45, 2.75) is 50.8 Å². The molecule has 2 rings (SSSR count). The number of hydrogen-bond acceptors (Lipinski definition) is 3. The van der Waals surface area contributed by atoms with Crippen molar-refractivity contribution in [1.82, 2.24) is 4.31 Å². The van der Waals surface area contributed by atoms with Crippen molar-refractivity contribution in [2.75, 3.05) is 13.1 Å². The Bertz CT molecular complexity index is 366. The van der Waals surface area contributed by atoms with Crippen LogP contribution in [-0.2, 0) is 10.0 Å². The molecule has 16 heavy (non-hydrogen) atoms. The highest BCUT2D eigenvalue weighted by Crippen LogP contribution is 2.49. The van der Waals surface area contributed by atoms with Gasteiger partial charge in [0.15, 0.2) is 0 Å². The predicted molar refractivity (Wildman–Crippen MR) is 64.5 cm³/mol. The molecule has 4 nitrogen and oxygen atoms in total. The SMILES string of the molecule is CC(C)S(=O)(=O)N1CC[C@]2(CN)CCC[C@H]12.